The molecule has 198 valence electrons. The number of nitrogens with one attached hydrogen (secondary N) is 1. The van der Waals surface area contributed by atoms with Gasteiger partial charge in [0.1, 0.15) is 0 Å². The van der Waals surface area contributed by atoms with Crippen LogP contribution in [-0.2, 0) is 11.3 Å². The van der Waals surface area contributed by atoms with Crippen LogP contribution in [0.1, 0.15) is 45.5 Å². The topological polar surface area (TPSA) is 87.5 Å². The lowest BCUT2D eigenvalue weighted by Crippen LogP contribution is -2.26. The number of benzene rings is 3. The number of fused-ring (bicyclic) bond motifs is 1. The number of aryl methyl sites for hydroxylation is 1. The highest BCUT2D eigenvalue weighted by molar-refractivity contribution is 6.07. The maximum atomic E-state index is 13.1. The molecule has 0 bridgehead atoms. The van der Waals surface area contributed by atoms with E-state index in [0.29, 0.717) is 47.8 Å². The molecule has 1 aliphatic heterocycles. The van der Waals surface area contributed by atoms with Gasteiger partial charge in [0.2, 0.25) is 11.9 Å². The van der Waals surface area contributed by atoms with Crippen molar-refractivity contribution in [3.8, 4) is 0 Å². The number of imidazole rings is 1. The second kappa shape index (κ2) is 11.3. The molecular weight excluding hydrogens is 490 g/mol. The van der Waals surface area contributed by atoms with Gasteiger partial charge in [0.05, 0.1) is 11.0 Å². The van der Waals surface area contributed by atoms with Gasteiger partial charge in [-0.1, -0.05) is 43.0 Å². The molecular formula is C31H31N5O3. The van der Waals surface area contributed by atoms with E-state index in [1.165, 1.54) is 0 Å². The van der Waals surface area contributed by atoms with Crippen molar-refractivity contribution < 1.29 is 14.4 Å². The van der Waals surface area contributed by atoms with Gasteiger partial charge in [-0.2, -0.15) is 0 Å². The van der Waals surface area contributed by atoms with E-state index in [2.05, 4.69) is 11.9 Å². The van der Waals surface area contributed by atoms with Crippen molar-refractivity contribution in [1.29, 1.82) is 0 Å². The quantitative estimate of drug-likeness (QED) is 0.327. The van der Waals surface area contributed by atoms with Crippen LogP contribution in [0.5, 0.6) is 0 Å². The summed E-state index contributed by atoms with van der Waals surface area (Å²) in [6.07, 6.45) is 3.96. The minimum Gasteiger partial charge on any atom is -0.343 e. The van der Waals surface area contributed by atoms with Gasteiger partial charge in [-0.15, -0.1) is 0 Å². The van der Waals surface area contributed by atoms with Crippen molar-refractivity contribution in [2.75, 3.05) is 30.4 Å². The fraction of sp³-hybridized carbons (Fsp3) is 0.226. The van der Waals surface area contributed by atoms with Gasteiger partial charge in [0.25, 0.3) is 11.8 Å². The molecule has 2 heterocycles. The maximum absolute atomic E-state index is 13.1. The summed E-state index contributed by atoms with van der Waals surface area (Å²) in [4.78, 5) is 46.4. The van der Waals surface area contributed by atoms with E-state index >= 15 is 0 Å². The summed E-state index contributed by atoms with van der Waals surface area (Å²) in [6, 6.07) is 21.9. The Hall–Kier alpha value is -4.72. The van der Waals surface area contributed by atoms with E-state index < -0.39 is 0 Å². The average molecular weight is 522 g/mol. The standard InChI is InChI=1S/C31H31N5O3/c1-3-22-12-14-23(15-13-22)29(38)33-31-32-26-21-25(34(2)30(39)24-9-5-4-6-10-24)16-17-27(26)36(31)20-8-19-35-18-7-11-28(35)37/h3-6,9-10,12-17,21H,1,7-8,11,18-20H2,2H3,(H,32,33,38). The highest BCUT2D eigenvalue weighted by Crippen LogP contribution is 2.27. The van der Waals surface area contributed by atoms with Crippen molar-refractivity contribution in [1.82, 2.24) is 14.5 Å². The number of hydrogen-bond acceptors (Lipinski definition) is 4. The van der Waals surface area contributed by atoms with Crippen LogP contribution in [0, 0.1) is 0 Å². The van der Waals surface area contributed by atoms with Crippen LogP contribution in [0.15, 0.2) is 79.4 Å². The molecule has 0 spiro atoms. The van der Waals surface area contributed by atoms with Crippen molar-refractivity contribution >= 4 is 46.5 Å². The van der Waals surface area contributed by atoms with E-state index in [1.807, 2.05) is 58.0 Å². The first kappa shape index (κ1) is 25.9. The van der Waals surface area contributed by atoms with E-state index in [0.717, 1.165) is 30.5 Å². The summed E-state index contributed by atoms with van der Waals surface area (Å²) in [6.45, 7) is 5.77. The largest absolute Gasteiger partial charge is 0.343 e. The van der Waals surface area contributed by atoms with Crippen molar-refractivity contribution in [3.05, 3.63) is 96.1 Å². The number of rotatable bonds is 9. The lowest BCUT2D eigenvalue weighted by molar-refractivity contribution is -0.127. The molecule has 0 unspecified atom stereocenters. The second-order valence-electron chi connectivity index (χ2n) is 9.61. The molecule has 3 aromatic carbocycles. The van der Waals surface area contributed by atoms with Crippen LogP contribution < -0.4 is 10.2 Å². The summed E-state index contributed by atoms with van der Waals surface area (Å²) in [5.41, 5.74) is 4.23. The van der Waals surface area contributed by atoms with Crippen molar-refractivity contribution in [3.63, 3.8) is 0 Å². The molecule has 39 heavy (non-hydrogen) atoms. The van der Waals surface area contributed by atoms with Gasteiger partial charge in [0.15, 0.2) is 0 Å². The molecule has 5 rings (SSSR count). The zero-order valence-electron chi connectivity index (χ0n) is 22.0. The third kappa shape index (κ3) is 5.60. The summed E-state index contributed by atoms with van der Waals surface area (Å²) < 4.78 is 1.97. The lowest BCUT2D eigenvalue weighted by atomic mass is 10.1. The van der Waals surface area contributed by atoms with E-state index in [9.17, 15) is 14.4 Å². The summed E-state index contributed by atoms with van der Waals surface area (Å²) in [5, 5.41) is 2.96. The zero-order chi connectivity index (χ0) is 27.4. The van der Waals surface area contributed by atoms with Gasteiger partial charge in [-0.25, -0.2) is 4.98 Å². The molecule has 1 saturated heterocycles. The third-order valence-corrected chi connectivity index (χ3v) is 7.06. The first-order valence-corrected chi connectivity index (χ1v) is 13.1. The number of hydrogen-bond donors (Lipinski definition) is 1. The molecule has 1 fully saturated rings. The Balaban J connectivity index is 1.43. The number of anilines is 2. The first-order chi connectivity index (χ1) is 18.9. The Morgan fingerprint density at radius 3 is 2.49 bits per heavy atom. The van der Waals surface area contributed by atoms with Gasteiger partial charge in [0, 0.05) is 49.9 Å². The highest BCUT2D eigenvalue weighted by Gasteiger charge is 2.21. The molecule has 0 radical (unpaired) electrons. The maximum Gasteiger partial charge on any atom is 0.258 e. The van der Waals surface area contributed by atoms with Crippen molar-refractivity contribution in [2.24, 2.45) is 0 Å². The first-order valence-electron chi connectivity index (χ1n) is 13.1. The Morgan fingerprint density at radius 1 is 1.03 bits per heavy atom. The molecule has 1 aromatic heterocycles. The van der Waals surface area contributed by atoms with Crippen LogP contribution in [0.25, 0.3) is 17.1 Å². The molecule has 3 amide bonds. The molecule has 1 N–H and O–H groups in total. The van der Waals surface area contributed by atoms with E-state index in [4.69, 9.17) is 4.98 Å². The van der Waals surface area contributed by atoms with Gasteiger partial charge in [-0.3, -0.25) is 19.7 Å². The number of nitrogens with zero attached hydrogens (tertiary/aromatic N) is 4. The van der Waals surface area contributed by atoms with Gasteiger partial charge < -0.3 is 14.4 Å². The number of amides is 3. The normalized spacial score (nSPS) is 13.1. The molecule has 0 aliphatic carbocycles. The fourth-order valence-electron chi connectivity index (χ4n) is 4.84. The molecule has 0 atom stereocenters. The summed E-state index contributed by atoms with van der Waals surface area (Å²) >= 11 is 0. The third-order valence-electron chi connectivity index (χ3n) is 7.06. The van der Waals surface area contributed by atoms with Gasteiger partial charge in [-0.05, 0) is 60.9 Å². The van der Waals surface area contributed by atoms with Crippen LogP contribution in [0.2, 0.25) is 0 Å². The fourth-order valence-corrected chi connectivity index (χ4v) is 4.84. The SMILES string of the molecule is C=Cc1ccc(C(=O)Nc2nc3cc(N(C)C(=O)c4ccccc4)ccc3n2CCCN2CCCC2=O)cc1. The average Bonchev–Trinajstić information content (AvgIpc) is 3.54. The number of carbonyl (C=O) groups excluding carboxylic acids is 3. The Morgan fingerprint density at radius 2 is 1.79 bits per heavy atom. The van der Waals surface area contributed by atoms with E-state index in [1.54, 1.807) is 42.3 Å². The summed E-state index contributed by atoms with van der Waals surface area (Å²) in [7, 11) is 1.73. The minimum absolute atomic E-state index is 0.124. The van der Waals surface area contributed by atoms with Crippen LogP contribution in [0.4, 0.5) is 11.6 Å². The molecule has 4 aromatic rings. The summed E-state index contributed by atoms with van der Waals surface area (Å²) in [5.74, 6) is 0.220. The zero-order valence-corrected chi connectivity index (χ0v) is 22.0. The predicted octanol–water partition coefficient (Wildman–Crippen LogP) is 5.22. The monoisotopic (exact) mass is 521 g/mol. The minimum atomic E-state index is -0.270. The van der Waals surface area contributed by atoms with E-state index in [-0.39, 0.29) is 17.7 Å². The smallest absolute Gasteiger partial charge is 0.258 e. The highest BCUT2D eigenvalue weighted by atomic mass is 16.2. The Bertz CT molecular complexity index is 1530. The molecule has 1 aliphatic rings. The predicted molar refractivity (Wildman–Crippen MR) is 154 cm³/mol. The molecule has 8 nitrogen and oxygen atoms in total. The van der Waals surface area contributed by atoms with Gasteiger partial charge >= 0.3 is 0 Å². The molecule has 8 heteroatoms. The number of carbonyl (C=O) groups is 3. The molecule has 0 saturated carbocycles. The Labute approximate surface area is 227 Å². The lowest BCUT2D eigenvalue weighted by Gasteiger charge is -2.18. The van der Waals surface area contributed by atoms with Crippen LogP contribution in [0.3, 0.4) is 0 Å². The van der Waals surface area contributed by atoms with Crippen molar-refractivity contribution in [2.45, 2.75) is 25.8 Å². The number of aromatic nitrogens is 2. The van der Waals surface area contributed by atoms with Crippen LogP contribution >= 0.6 is 0 Å². The second-order valence-corrected chi connectivity index (χ2v) is 9.61. The Kier molecular flexibility index (Phi) is 7.54. The number of likely N-dealkylation sites (tertiary alicyclic amines) is 1. The van der Waals surface area contributed by atoms with Crippen LogP contribution in [-0.4, -0.2) is 52.3 Å².